The van der Waals surface area contributed by atoms with E-state index in [2.05, 4.69) is 6.07 Å². The van der Waals surface area contributed by atoms with Crippen LogP contribution in [0.5, 0.6) is 0 Å². The van der Waals surface area contributed by atoms with Gasteiger partial charge in [0.05, 0.1) is 19.3 Å². The first-order chi connectivity index (χ1) is 13.5. The van der Waals surface area contributed by atoms with Crippen molar-refractivity contribution in [1.29, 1.82) is 5.26 Å². The highest BCUT2D eigenvalue weighted by atomic mass is 31.2. The molecule has 2 aromatic carbocycles. The Bertz CT molecular complexity index is 736. The fourth-order valence-corrected chi connectivity index (χ4v) is 4.41. The third-order valence-electron chi connectivity index (χ3n) is 4.39. The molecule has 0 atom stereocenters. The van der Waals surface area contributed by atoms with Crippen molar-refractivity contribution in [2.75, 3.05) is 13.2 Å². The molecule has 0 unspecified atom stereocenters. The average molecular weight is 401 g/mol. The van der Waals surface area contributed by atoms with Crippen molar-refractivity contribution in [3.05, 3.63) is 71.8 Å². The summed E-state index contributed by atoms with van der Waals surface area (Å²) >= 11 is 0. The Morgan fingerprint density at radius 2 is 1.29 bits per heavy atom. The molecule has 0 radical (unpaired) electrons. The lowest BCUT2D eigenvalue weighted by Gasteiger charge is -2.30. The fourth-order valence-electron chi connectivity index (χ4n) is 2.95. The molecule has 0 fully saturated rings. The highest BCUT2D eigenvalue weighted by Gasteiger charge is 2.41. The number of nitriles is 1. The van der Waals surface area contributed by atoms with Crippen molar-refractivity contribution in [2.45, 2.75) is 45.1 Å². The van der Waals surface area contributed by atoms with Gasteiger partial charge in [0.1, 0.15) is 0 Å². The summed E-state index contributed by atoms with van der Waals surface area (Å²) in [6.07, 6.45) is 2.04. The maximum Gasteiger partial charge on any atom is 0.476 e. The van der Waals surface area contributed by atoms with Crippen molar-refractivity contribution >= 4 is 7.82 Å². The summed E-state index contributed by atoms with van der Waals surface area (Å²) in [4.78, 5) is 0. The highest BCUT2D eigenvalue weighted by Crippen LogP contribution is 2.54. The van der Waals surface area contributed by atoms with Crippen LogP contribution < -0.4 is 0 Å². The van der Waals surface area contributed by atoms with Gasteiger partial charge in [0.15, 0.2) is 5.60 Å². The molecule has 0 N–H and O–H groups in total. The predicted octanol–water partition coefficient (Wildman–Crippen LogP) is 5.71. The molecule has 6 heteroatoms. The van der Waals surface area contributed by atoms with Gasteiger partial charge < -0.3 is 0 Å². The number of benzene rings is 2. The monoisotopic (exact) mass is 401 g/mol. The predicted molar refractivity (Wildman–Crippen MR) is 110 cm³/mol. The molecule has 150 valence electrons. The van der Waals surface area contributed by atoms with E-state index in [9.17, 15) is 9.83 Å². The van der Waals surface area contributed by atoms with Gasteiger partial charge in [-0.15, -0.1) is 0 Å². The number of phosphoric ester groups is 1. The van der Waals surface area contributed by atoms with Crippen molar-refractivity contribution in [1.82, 2.24) is 0 Å². The van der Waals surface area contributed by atoms with E-state index in [1.54, 1.807) is 13.8 Å². The van der Waals surface area contributed by atoms with E-state index in [1.807, 2.05) is 60.7 Å². The van der Waals surface area contributed by atoms with Crippen LogP contribution in [0.1, 0.15) is 37.8 Å². The first-order valence-corrected chi connectivity index (χ1v) is 11.1. The van der Waals surface area contributed by atoms with Gasteiger partial charge in [-0.25, -0.2) is 4.57 Å². The van der Waals surface area contributed by atoms with E-state index in [-0.39, 0.29) is 13.2 Å². The Hall–Kier alpha value is -1.96. The Balaban J connectivity index is 2.22. The molecule has 0 spiro atoms. The van der Waals surface area contributed by atoms with Crippen molar-refractivity contribution in [2.24, 2.45) is 0 Å². The van der Waals surface area contributed by atoms with E-state index in [1.165, 1.54) is 0 Å². The lowest BCUT2D eigenvalue weighted by molar-refractivity contribution is 0.0365. The molecule has 28 heavy (non-hydrogen) atoms. The minimum Gasteiger partial charge on any atom is -0.287 e. The van der Waals surface area contributed by atoms with Crippen LogP contribution in [0, 0.1) is 11.3 Å². The third kappa shape index (κ3) is 6.89. The van der Waals surface area contributed by atoms with Gasteiger partial charge in [-0.3, -0.25) is 13.6 Å². The summed E-state index contributed by atoms with van der Waals surface area (Å²) in [5.41, 5.74) is 0.909. The van der Waals surface area contributed by atoms with E-state index in [4.69, 9.17) is 13.6 Å². The number of phosphoric acid groups is 1. The van der Waals surface area contributed by atoms with Crippen LogP contribution in [-0.2, 0) is 31.0 Å². The summed E-state index contributed by atoms with van der Waals surface area (Å²) < 4.78 is 29.4. The molecule has 2 aromatic rings. The van der Waals surface area contributed by atoms with E-state index < -0.39 is 13.4 Å². The van der Waals surface area contributed by atoms with Crippen molar-refractivity contribution in [3.8, 4) is 6.07 Å². The number of nitrogens with zero attached hydrogens (tertiary/aromatic N) is 1. The van der Waals surface area contributed by atoms with Crippen molar-refractivity contribution < 1.29 is 18.1 Å². The molecule has 0 bridgehead atoms. The highest BCUT2D eigenvalue weighted by molar-refractivity contribution is 7.48. The number of hydrogen-bond donors (Lipinski definition) is 0. The average Bonchev–Trinajstić information content (AvgIpc) is 2.72. The van der Waals surface area contributed by atoms with Gasteiger partial charge in [-0.05, 0) is 50.7 Å². The second-order valence-electron chi connectivity index (χ2n) is 6.45. The molecular formula is C22H28NO4P. The molecular weight excluding hydrogens is 373 g/mol. The molecule has 0 amide bonds. The van der Waals surface area contributed by atoms with Crippen LogP contribution >= 0.6 is 7.82 Å². The van der Waals surface area contributed by atoms with Crippen molar-refractivity contribution in [3.63, 3.8) is 0 Å². The van der Waals surface area contributed by atoms with Gasteiger partial charge in [0.2, 0.25) is 0 Å². The van der Waals surface area contributed by atoms with Crippen LogP contribution in [0.15, 0.2) is 60.7 Å². The van der Waals surface area contributed by atoms with Gasteiger partial charge in [0, 0.05) is 0 Å². The van der Waals surface area contributed by atoms with E-state index in [0.717, 1.165) is 11.1 Å². The lowest BCUT2D eigenvalue weighted by atomic mass is 9.90. The second kappa shape index (κ2) is 11.1. The molecule has 5 nitrogen and oxygen atoms in total. The minimum absolute atomic E-state index is 0.177. The van der Waals surface area contributed by atoms with Gasteiger partial charge in [0.25, 0.3) is 0 Å². The van der Waals surface area contributed by atoms with Crippen LogP contribution in [0.3, 0.4) is 0 Å². The maximum atomic E-state index is 13.0. The smallest absolute Gasteiger partial charge is 0.287 e. The lowest BCUT2D eigenvalue weighted by Crippen LogP contribution is -2.32. The molecule has 0 heterocycles. The van der Waals surface area contributed by atoms with Crippen LogP contribution in [-0.4, -0.2) is 18.8 Å². The zero-order valence-corrected chi connectivity index (χ0v) is 17.4. The zero-order valence-electron chi connectivity index (χ0n) is 16.5. The Kier molecular flexibility index (Phi) is 8.89. The van der Waals surface area contributed by atoms with E-state index in [0.29, 0.717) is 25.7 Å². The van der Waals surface area contributed by atoms with Crippen LogP contribution in [0.2, 0.25) is 0 Å². The summed E-state index contributed by atoms with van der Waals surface area (Å²) in [6.45, 7) is 3.79. The summed E-state index contributed by atoms with van der Waals surface area (Å²) in [7, 11) is -3.82. The topological polar surface area (TPSA) is 68.6 Å². The van der Waals surface area contributed by atoms with Gasteiger partial charge in [-0.1, -0.05) is 60.7 Å². The molecule has 0 aliphatic carbocycles. The van der Waals surface area contributed by atoms with Crippen LogP contribution in [0.4, 0.5) is 0 Å². The normalized spacial score (nSPS) is 11.9. The summed E-state index contributed by atoms with van der Waals surface area (Å²) in [5.74, 6) is 0. The molecule has 0 aromatic heterocycles. The second-order valence-corrected chi connectivity index (χ2v) is 8.04. The van der Waals surface area contributed by atoms with E-state index >= 15 is 0 Å². The molecule has 2 rings (SSSR count). The minimum atomic E-state index is -3.82. The summed E-state index contributed by atoms with van der Waals surface area (Å²) in [5, 5.41) is 10.0. The number of hydrogen-bond acceptors (Lipinski definition) is 5. The number of rotatable bonds is 12. The molecule has 0 saturated heterocycles. The SMILES string of the molecule is CCOP(=O)(OCC)OC(C#N)(CCc1ccccc1)CCc1ccccc1. The molecule has 0 saturated carbocycles. The largest absolute Gasteiger partial charge is 0.476 e. The number of aryl methyl sites for hydroxylation is 2. The van der Waals surface area contributed by atoms with Crippen LogP contribution in [0.25, 0.3) is 0 Å². The first-order valence-electron chi connectivity index (χ1n) is 9.64. The molecule has 0 aliphatic heterocycles. The maximum absolute atomic E-state index is 13.0. The quantitative estimate of drug-likeness (QED) is 0.426. The molecule has 0 aliphatic rings. The standard InChI is InChI=1S/C22H28NO4P/c1-3-25-28(24,26-4-2)27-22(19-23,17-15-20-11-7-5-8-12-20)18-16-21-13-9-6-10-14-21/h5-14H,3-4,15-18H2,1-2H3. The Labute approximate surface area is 167 Å². The third-order valence-corrected chi connectivity index (χ3v) is 6.11. The Morgan fingerprint density at radius 1 is 0.857 bits per heavy atom. The van der Waals surface area contributed by atoms with Gasteiger partial charge >= 0.3 is 7.82 Å². The first kappa shape index (κ1) is 22.3. The van der Waals surface area contributed by atoms with Gasteiger partial charge in [-0.2, -0.15) is 5.26 Å². The Morgan fingerprint density at radius 3 is 1.64 bits per heavy atom. The zero-order chi connectivity index (χ0) is 20.3. The fraction of sp³-hybridized carbons (Fsp3) is 0.409. The summed E-state index contributed by atoms with van der Waals surface area (Å²) in [6, 6.07) is 22.0.